The lowest BCUT2D eigenvalue weighted by molar-refractivity contribution is 0.0692. The lowest BCUT2D eigenvalue weighted by Crippen LogP contribution is -2.43. The van der Waals surface area contributed by atoms with Gasteiger partial charge < -0.3 is 10.1 Å². The average Bonchev–Trinajstić information content (AvgIpc) is 2.90. The van der Waals surface area contributed by atoms with E-state index < -0.39 is 5.41 Å². The Kier molecular flexibility index (Phi) is 5.04. The molecular formula is C16H27N3O2. The first-order valence-electron chi connectivity index (χ1n) is 7.87. The Bertz CT molecular complexity index is 488. The molecule has 1 atom stereocenters. The van der Waals surface area contributed by atoms with E-state index in [-0.39, 0.29) is 5.78 Å². The van der Waals surface area contributed by atoms with Crippen LogP contribution >= 0.6 is 0 Å². The van der Waals surface area contributed by atoms with Gasteiger partial charge in [-0.25, -0.2) is 0 Å². The molecule has 2 heterocycles. The number of piperidine rings is 1. The number of ether oxygens (including phenoxy) is 1. The van der Waals surface area contributed by atoms with Gasteiger partial charge in [0.15, 0.2) is 11.5 Å². The lowest BCUT2D eigenvalue weighted by atomic mass is 9.71. The summed E-state index contributed by atoms with van der Waals surface area (Å²) in [6, 6.07) is 0. The van der Waals surface area contributed by atoms with Gasteiger partial charge in [-0.15, -0.1) is 0 Å². The molecule has 1 fully saturated rings. The Morgan fingerprint density at radius 3 is 2.90 bits per heavy atom. The van der Waals surface area contributed by atoms with Crippen LogP contribution in [0.2, 0.25) is 0 Å². The molecule has 1 aromatic rings. The molecule has 0 amide bonds. The fourth-order valence-corrected chi connectivity index (χ4v) is 3.09. The van der Waals surface area contributed by atoms with Gasteiger partial charge in [0.1, 0.15) is 5.69 Å². The molecule has 0 aromatic carbocycles. The summed E-state index contributed by atoms with van der Waals surface area (Å²) in [4.78, 5) is 13.1. The van der Waals surface area contributed by atoms with Gasteiger partial charge in [-0.2, -0.15) is 5.10 Å². The van der Waals surface area contributed by atoms with Crippen molar-refractivity contribution in [2.24, 2.45) is 11.3 Å². The van der Waals surface area contributed by atoms with Crippen LogP contribution in [0.3, 0.4) is 0 Å². The molecule has 1 N–H and O–H groups in total. The van der Waals surface area contributed by atoms with Crippen molar-refractivity contribution in [2.45, 2.75) is 46.6 Å². The van der Waals surface area contributed by atoms with E-state index in [0.29, 0.717) is 17.4 Å². The maximum atomic E-state index is 13.1. The second-order valence-corrected chi connectivity index (χ2v) is 6.38. The fourth-order valence-electron chi connectivity index (χ4n) is 3.09. The van der Waals surface area contributed by atoms with Crippen molar-refractivity contribution in [2.75, 3.05) is 20.2 Å². The van der Waals surface area contributed by atoms with Crippen molar-refractivity contribution in [1.29, 1.82) is 0 Å². The van der Waals surface area contributed by atoms with Crippen LogP contribution < -0.4 is 10.1 Å². The first-order chi connectivity index (χ1) is 10.0. The number of ketones is 1. The van der Waals surface area contributed by atoms with Crippen LogP contribution in [0.25, 0.3) is 0 Å². The highest BCUT2D eigenvalue weighted by atomic mass is 16.5. The summed E-state index contributed by atoms with van der Waals surface area (Å²) >= 11 is 0. The zero-order valence-electron chi connectivity index (χ0n) is 13.6. The number of methoxy groups -OCH3 is 1. The predicted octanol–water partition coefficient (Wildman–Crippen LogP) is 2.51. The van der Waals surface area contributed by atoms with Gasteiger partial charge in [-0.1, -0.05) is 20.8 Å². The van der Waals surface area contributed by atoms with Gasteiger partial charge in [0.05, 0.1) is 13.3 Å². The highest BCUT2D eigenvalue weighted by Crippen LogP contribution is 2.37. The first kappa shape index (κ1) is 16.0. The van der Waals surface area contributed by atoms with Crippen LogP contribution in [0.15, 0.2) is 6.20 Å². The minimum absolute atomic E-state index is 0.138. The van der Waals surface area contributed by atoms with Gasteiger partial charge in [0, 0.05) is 12.0 Å². The van der Waals surface area contributed by atoms with E-state index >= 15 is 0 Å². The van der Waals surface area contributed by atoms with Gasteiger partial charge in [-0.05, 0) is 38.3 Å². The predicted molar refractivity (Wildman–Crippen MR) is 82.8 cm³/mol. The van der Waals surface area contributed by atoms with E-state index in [1.165, 1.54) is 0 Å². The van der Waals surface area contributed by atoms with Gasteiger partial charge in [0.25, 0.3) is 0 Å². The summed E-state index contributed by atoms with van der Waals surface area (Å²) in [7, 11) is 1.60. The Hall–Kier alpha value is -1.36. The van der Waals surface area contributed by atoms with Crippen molar-refractivity contribution in [1.82, 2.24) is 15.1 Å². The van der Waals surface area contributed by atoms with E-state index in [9.17, 15) is 4.79 Å². The van der Waals surface area contributed by atoms with Crippen molar-refractivity contribution >= 4 is 5.78 Å². The van der Waals surface area contributed by atoms with E-state index in [0.717, 1.165) is 38.9 Å². The van der Waals surface area contributed by atoms with Crippen LogP contribution in [0.4, 0.5) is 0 Å². The second-order valence-electron chi connectivity index (χ2n) is 6.38. The standard InChI is InChI=1S/C16H27N3O2/c1-5-9-19-14(13(21-4)11-18-19)15(20)16(2,3)12-7-6-8-17-10-12/h11-12,17H,5-10H2,1-4H3. The molecule has 1 aliphatic heterocycles. The minimum atomic E-state index is -0.410. The number of hydrogen-bond acceptors (Lipinski definition) is 4. The van der Waals surface area contributed by atoms with E-state index in [1.54, 1.807) is 18.0 Å². The molecule has 0 radical (unpaired) electrons. The van der Waals surface area contributed by atoms with Gasteiger partial charge in [0.2, 0.25) is 0 Å². The number of nitrogens with zero attached hydrogens (tertiary/aromatic N) is 2. The Morgan fingerprint density at radius 1 is 1.57 bits per heavy atom. The van der Waals surface area contributed by atoms with Crippen molar-refractivity contribution in [3.63, 3.8) is 0 Å². The molecule has 5 nitrogen and oxygen atoms in total. The smallest absolute Gasteiger partial charge is 0.190 e. The Labute approximate surface area is 127 Å². The Morgan fingerprint density at radius 2 is 2.33 bits per heavy atom. The summed E-state index contributed by atoms with van der Waals surface area (Å²) in [6.07, 6.45) is 4.82. The number of aryl methyl sites for hydroxylation is 1. The number of carbonyl (C=O) groups excluding carboxylic acids is 1. The molecule has 0 bridgehead atoms. The largest absolute Gasteiger partial charge is 0.493 e. The quantitative estimate of drug-likeness (QED) is 0.819. The highest BCUT2D eigenvalue weighted by Gasteiger charge is 2.40. The number of nitrogens with one attached hydrogen (secondary N) is 1. The number of rotatable bonds is 6. The SMILES string of the molecule is CCCn1ncc(OC)c1C(=O)C(C)(C)C1CCCNC1. The molecular weight excluding hydrogens is 266 g/mol. The summed E-state index contributed by atoms with van der Waals surface area (Å²) in [5.74, 6) is 1.08. The second kappa shape index (κ2) is 6.60. The van der Waals surface area contributed by atoms with Crippen LogP contribution in [0.5, 0.6) is 5.75 Å². The van der Waals surface area contributed by atoms with Crippen LogP contribution in [0, 0.1) is 11.3 Å². The van der Waals surface area contributed by atoms with E-state index in [2.05, 4.69) is 31.2 Å². The molecule has 118 valence electrons. The number of carbonyl (C=O) groups is 1. The maximum Gasteiger partial charge on any atom is 0.190 e. The van der Waals surface area contributed by atoms with Crippen molar-refractivity contribution in [3.8, 4) is 5.75 Å². The summed E-state index contributed by atoms with van der Waals surface area (Å²) in [5, 5.41) is 7.72. The van der Waals surface area contributed by atoms with E-state index in [4.69, 9.17) is 4.74 Å². The molecule has 21 heavy (non-hydrogen) atoms. The third-order valence-electron chi connectivity index (χ3n) is 4.58. The molecule has 0 saturated carbocycles. The summed E-state index contributed by atoms with van der Waals surface area (Å²) in [5.41, 5.74) is 0.210. The number of hydrogen-bond donors (Lipinski definition) is 1. The summed E-state index contributed by atoms with van der Waals surface area (Å²) in [6.45, 7) is 8.88. The fraction of sp³-hybridized carbons (Fsp3) is 0.750. The zero-order valence-corrected chi connectivity index (χ0v) is 13.6. The number of Topliss-reactive ketones (excluding diaryl/α,β-unsaturated/α-hetero) is 1. The zero-order chi connectivity index (χ0) is 15.5. The topological polar surface area (TPSA) is 56.2 Å². The van der Waals surface area contributed by atoms with Crippen molar-refractivity contribution in [3.05, 3.63) is 11.9 Å². The third kappa shape index (κ3) is 3.12. The molecule has 1 saturated heterocycles. The maximum absolute atomic E-state index is 13.1. The van der Waals surface area contributed by atoms with Gasteiger partial charge in [-0.3, -0.25) is 9.48 Å². The molecule has 1 aliphatic rings. The first-order valence-corrected chi connectivity index (χ1v) is 7.87. The van der Waals surface area contributed by atoms with Crippen molar-refractivity contribution < 1.29 is 9.53 Å². The third-order valence-corrected chi connectivity index (χ3v) is 4.58. The number of aromatic nitrogens is 2. The molecule has 1 aromatic heterocycles. The summed E-state index contributed by atoms with van der Waals surface area (Å²) < 4.78 is 7.15. The molecule has 2 rings (SSSR count). The average molecular weight is 293 g/mol. The lowest BCUT2D eigenvalue weighted by Gasteiger charge is -2.36. The van der Waals surface area contributed by atoms with Crippen LogP contribution in [0.1, 0.15) is 50.5 Å². The highest BCUT2D eigenvalue weighted by molar-refractivity contribution is 6.01. The molecule has 0 spiro atoms. The van der Waals surface area contributed by atoms with Crippen LogP contribution in [-0.4, -0.2) is 35.8 Å². The normalized spacial score (nSPS) is 19.5. The molecule has 1 unspecified atom stereocenters. The molecule has 0 aliphatic carbocycles. The van der Waals surface area contributed by atoms with E-state index in [1.807, 2.05) is 0 Å². The minimum Gasteiger partial charge on any atom is -0.493 e. The van der Waals surface area contributed by atoms with Crippen LogP contribution in [-0.2, 0) is 6.54 Å². The molecule has 5 heteroatoms. The Balaban J connectivity index is 2.31. The monoisotopic (exact) mass is 293 g/mol. The van der Waals surface area contributed by atoms with Gasteiger partial charge >= 0.3 is 0 Å².